The fraction of sp³-hybridized carbons (Fsp3) is 0.583. The van der Waals surface area contributed by atoms with Crippen LogP contribution in [-0.4, -0.2) is 51.1 Å². The highest BCUT2D eigenvalue weighted by Gasteiger charge is 2.23. The van der Waals surface area contributed by atoms with Crippen LogP contribution in [0.2, 0.25) is 0 Å². The molecule has 0 fully saturated rings. The molecule has 1 heterocycles. The maximum atomic E-state index is 12.2. The minimum Gasteiger partial charge on any atom is -0.477 e. The van der Waals surface area contributed by atoms with E-state index in [4.69, 9.17) is 14.6 Å². The fourth-order valence-corrected chi connectivity index (χ4v) is 2.76. The van der Waals surface area contributed by atoms with Crippen LogP contribution in [0.25, 0.3) is 0 Å². The van der Waals surface area contributed by atoms with E-state index < -0.39 is 22.3 Å². The van der Waals surface area contributed by atoms with Crippen molar-refractivity contribution < 1.29 is 27.8 Å². The molecule has 2 N–H and O–H groups in total. The highest BCUT2D eigenvalue weighted by atomic mass is 32.2. The molecule has 0 unspecified atom stereocenters. The van der Waals surface area contributed by atoms with Gasteiger partial charge in [-0.25, -0.2) is 17.9 Å². The van der Waals surface area contributed by atoms with Gasteiger partial charge in [-0.2, -0.15) is 0 Å². The number of rotatable bonds is 8. The molecule has 1 aromatic heterocycles. The zero-order chi connectivity index (χ0) is 16.2. The van der Waals surface area contributed by atoms with Crippen LogP contribution in [0.15, 0.2) is 17.2 Å². The summed E-state index contributed by atoms with van der Waals surface area (Å²) in [4.78, 5) is 11.0. The van der Waals surface area contributed by atoms with E-state index in [2.05, 4.69) is 4.72 Å². The number of nitrogens with one attached hydrogen (secondary N) is 1. The van der Waals surface area contributed by atoms with Crippen molar-refractivity contribution in [3.8, 4) is 0 Å². The second-order valence-corrected chi connectivity index (χ2v) is 6.39. The Balaban J connectivity index is 3.04. The maximum Gasteiger partial charge on any atom is 0.352 e. The van der Waals surface area contributed by atoms with E-state index in [1.54, 1.807) is 13.8 Å². The largest absolute Gasteiger partial charge is 0.477 e. The van der Waals surface area contributed by atoms with Gasteiger partial charge in [0.05, 0.1) is 6.54 Å². The Labute approximate surface area is 123 Å². The number of aromatic nitrogens is 1. The van der Waals surface area contributed by atoms with E-state index in [9.17, 15) is 13.2 Å². The first kappa shape index (κ1) is 17.6. The minimum atomic E-state index is -3.84. The summed E-state index contributed by atoms with van der Waals surface area (Å²) < 4.78 is 37.8. The van der Waals surface area contributed by atoms with E-state index in [1.807, 2.05) is 0 Å². The highest BCUT2D eigenvalue weighted by molar-refractivity contribution is 7.89. The number of carbonyl (C=O) groups is 1. The van der Waals surface area contributed by atoms with Gasteiger partial charge in [-0.05, 0) is 19.9 Å². The first-order valence-corrected chi connectivity index (χ1v) is 7.71. The van der Waals surface area contributed by atoms with Gasteiger partial charge in [-0.15, -0.1) is 0 Å². The predicted molar refractivity (Wildman–Crippen MR) is 74.8 cm³/mol. The topological polar surface area (TPSA) is 107 Å². The molecule has 0 atom stereocenters. The van der Waals surface area contributed by atoms with Gasteiger partial charge in [0.15, 0.2) is 6.29 Å². The van der Waals surface area contributed by atoms with Crippen LogP contribution in [0, 0.1) is 0 Å². The SMILES string of the molecule is COC(CNS(=O)(=O)c1cc(C(=O)O)n(C(C)C)c1)OC. The molecule has 0 saturated heterocycles. The van der Waals surface area contributed by atoms with Crippen LogP contribution in [0.3, 0.4) is 0 Å². The monoisotopic (exact) mass is 320 g/mol. The molecular formula is C12H20N2O6S. The second-order valence-electron chi connectivity index (χ2n) is 4.62. The van der Waals surface area contributed by atoms with Gasteiger partial charge in [0.2, 0.25) is 10.0 Å². The average Bonchev–Trinajstić information content (AvgIpc) is 2.86. The van der Waals surface area contributed by atoms with Gasteiger partial charge in [0.25, 0.3) is 0 Å². The van der Waals surface area contributed by atoms with Gasteiger partial charge >= 0.3 is 5.97 Å². The summed E-state index contributed by atoms with van der Waals surface area (Å²) in [6.45, 7) is 3.45. The molecule has 0 aliphatic rings. The number of nitrogens with zero attached hydrogens (tertiary/aromatic N) is 1. The molecule has 0 aliphatic carbocycles. The van der Waals surface area contributed by atoms with Gasteiger partial charge in [0, 0.05) is 26.5 Å². The van der Waals surface area contributed by atoms with Gasteiger partial charge in [-0.1, -0.05) is 0 Å². The van der Waals surface area contributed by atoms with Crippen LogP contribution in [0.1, 0.15) is 30.4 Å². The zero-order valence-electron chi connectivity index (χ0n) is 12.4. The van der Waals surface area contributed by atoms with Gasteiger partial charge in [-0.3, -0.25) is 0 Å². The predicted octanol–water partition coefficient (Wildman–Crippen LogP) is 0.664. The summed E-state index contributed by atoms with van der Waals surface area (Å²) in [6, 6.07) is 0.949. The zero-order valence-corrected chi connectivity index (χ0v) is 13.2. The van der Waals surface area contributed by atoms with Crippen LogP contribution in [0.4, 0.5) is 0 Å². The van der Waals surface area contributed by atoms with E-state index >= 15 is 0 Å². The summed E-state index contributed by atoms with van der Waals surface area (Å²) >= 11 is 0. The number of carboxylic acid groups (broad SMARTS) is 1. The second kappa shape index (κ2) is 7.03. The van der Waals surface area contributed by atoms with Gasteiger partial charge in [0.1, 0.15) is 10.6 Å². The molecule has 0 amide bonds. The lowest BCUT2D eigenvalue weighted by Gasteiger charge is -2.13. The van der Waals surface area contributed by atoms with Crippen molar-refractivity contribution in [3.05, 3.63) is 18.0 Å². The third-order valence-corrected chi connectivity index (χ3v) is 4.27. The number of methoxy groups -OCH3 is 2. The van der Waals surface area contributed by atoms with E-state index in [0.29, 0.717) is 0 Å². The molecule has 0 saturated carbocycles. The molecule has 0 radical (unpaired) electrons. The Morgan fingerprint density at radius 3 is 2.33 bits per heavy atom. The third-order valence-electron chi connectivity index (χ3n) is 2.88. The summed E-state index contributed by atoms with van der Waals surface area (Å²) in [5.74, 6) is -1.18. The molecule has 1 rings (SSSR count). The van der Waals surface area contributed by atoms with Crippen LogP contribution >= 0.6 is 0 Å². The van der Waals surface area contributed by atoms with Crippen molar-refractivity contribution >= 4 is 16.0 Å². The van der Waals surface area contributed by atoms with E-state index in [1.165, 1.54) is 25.0 Å². The van der Waals surface area contributed by atoms with Crippen LogP contribution < -0.4 is 4.72 Å². The quantitative estimate of drug-likeness (QED) is 0.682. The lowest BCUT2D eigenvalue weighted by atomic mass is 10.3. The number of hydrogen-bond donors (Lipinski definition) is 2. The fourth-order valence-electron chi connectivity index (χ4n) is 1.72. The van der Waals surface area contributed by atoms with E-state index in [-0.39, 0.29) is 23.2 Å². The normalized spacial score (nSPS) is 12.3. The standard InChI is InChI=1S/C12H20N2O6S/c1-8(2)14-7-9(5-10(14)12(15)16)21(17,18)13-6-11(19-3)20-4/h5,7-8,11,13H,6H2,1-4H3,(H,15,16). The highest BCUT2D eigenvalue weighted by Crippen LogP contribution is 2.19. The van der Waals surface area contributed by atoms with Crippen molar-refractivity contribution in [1.29, 1.82) is 0 Å². The Morgan fingerprint density at radius 2 is 1.95 bits per heavy atom. The summed E-state index contributed by atoms with van der Waals surface area (Å²) in [5.41, 5.74) is -0.0830. The smallest absolute Gasteiger partial charge is 0.352 e. The molecule has 1 aromatic rings. The lowest BCUT2D eigenvalue weighted by molar-refractivity contribution is -0.0960. The molecule has 21 heavy (non-hydrogen) atoms. The number of ether oxygens (including phenoxy) is 2. The first-order valence-electron chi connectivity index (χ1n) is 6.23. The number of aromatic carboxylic acids is 1. The minimum absolute atomic E-state index is 0.0788. The molecule has 9 heteroatoms. The third kappa shape index (κ3) is 4.27. The number of carboxylic acids is 1. The molecule has 8 nitrogen and oxygen atoms in total. The first-order chi connectivity index (χ1) is 9.72. The maximum absolute atomic E-state index is 12.2. The summed E-state index contributed by atoms with van der Waals surface area (Å²) in [5, 5.41) is 9.11. The Hall–Kier alpha value is -1.42. The van der Waals surface area contributed by atoms with Crippen molar-refractivity contribution in [2.75, 3.05) is 20.8 Å². The number of sulfonamides is 1. The number of hydrogen-bond acceptors (Lipinski definition) is 5. The van der Waals surface area contributed by atoms with Crippen LogP contribution in [0.5, 0.6) is 0 Å². The van der Waals surface area contributed by atoms with Crippen molar-refractivity contribution in [2.45, 2.75) is 31.1 Å². The summed E-state index contributed by atoms with van der Waals surface area (Å²) in [7, 11) is -1.06. The van der Waals surface area contributed by atoms with Gasteiger partial charge < -0.3 is 19.1 Å². The van der Waals surface area contributed by atoms with Crippen molar-refractivity contribution in [2.24, 2.45) is 0 Å². The molecule has 0 bridgehead atoms. The van der Waals surface area contributed by atoms with Crippen molar-refractivity contribution in [3.63, 3.8) is 0 Å². The summed E-state index contributed by atoms with van der Waals surface area (Å²) in [6.07, 6.45) is 0.580. The Bertz CT molecular complexity index is 589. The lowest BCUT2D eigenvalue weighted by Crippen LogP contribution is -2.34. The molecule has 0 aliphatic heterocycles. The molecule has 0 aromatic carbocycles. The van der Waals surface area contributed by atoms with Crippen molar-refractivity contribution in [1.82, 2.24) is 9.29 Å². The molecular weight excluding hydrogens is 300 g/mol. The Kier molecular flexibility index (Phi) is 5.90. The van der Waals surface area contributed by atoms with Crippen LogP contribution in [-0.2, 0) is 19.5 Å². The van der Waals surface area contributed by atoms with E-state index in [0.717, 1.165) is 6.07 Å². The Morgan fingerprint density at radius 1 is 1.38 bits per heavy atom. The molecule has 0 spiro atoms. The average molecular weight is 320 g/mol. The molecule has 120 valence electrons.